The molecule has 0 aromatic heterocycles. The molecule has 1 aromatic rings. The first-order valence-electron chi connectivity index (χ1n) is 7.97. The summed E-state index contributed by atoms with van der Waals surface area (Å²) in [5.74, 6) is 0. The third-order valence-electron chi connectivity index (χ3n) is 4.49. The van der Waals surface area contributed by atoms with Crippen LogP contribution in [0.15, 0.2) is 30.4 Å². The normalized spacial score (nSPS) is 21.0. The van der Waals surface area contributed by atoms with Gasteiger partial charge in [-0.2, -0.15) is 0 Å². The van der Waals surface area contributed by atoms with Crippen LogP contribution in [0.5, 0.6) is 0 Å². The van der Waals surface area contributed by atoms with Crippen molar-refractivity contribution in [2.24, 2.45) is 0 Å². The molecule has 3 rings (SSSR count). The minimum atomic E-state index is -0.0509. The number of amides is 2. The first-order valence-corrected chi connectivity index (χ1v) is 8.35. The number of carbonyl (C=O) groups excluding carboxylic acids is 1. The Bertz CT molecular complexity index is 609. The monoisotopic (exact) mass is 334 g/mol. The average molecular weight is 335 g/mol. The molecule has 124 valence electrons. The summed E-state index contributed by atoms with van der Waals surface area (Å²) in [5, 5.41) is 3.65. The zero-order valence-corrected chi connectivity index (χ0v) is 14.4. The molecule has 2 aliphatic rings. The summed E-state index contributed by atoms with van der Waals surface area (Å²) < 4.78 is 0. The number of nitrogens with zero attached hydrogens (tertiary/aromatic N) is 3. The van der Waals surface area contributed by atoms with Gasteiger partial charge in [0.05, 0.1) is 16.4 Å². The molecule has 0 aliphatic carbocycles. The number of halogens is 1. The van der Waals surface area contributed by atoms with E-state index in [1.807, 2.05) is 42.1 Å². The number of likely N-dealkylation sites (tertiary alicyclic amines) is 1. The third kappa shape index (κ3) is 3.46. The van der Waals surface area contributed by atoms with Gasteiger partial charge in [-0.3, -0.25) is 4.90 Å². The van der Waals surface area contributed by atoms with Crippen LogP contribution in [0.4, 0.5) is 16.2 Å². The Kier molecular flexibility index (Phi) is 4.78. The number of anilines is 2. The van der Waals surface area contributed by atoms with E-state index in [0.717, 1.165) is 44.0 Å². The van der Waals surface area contributed by atoms with Crippen LogP contribution in [0, 0.1) is 0 Å². The number of nitrogens with one attached hydrogen (secondary N) is 1. The predicted octanol–water partition coefficient (Wildman–Crippen LogP) is 2.88. The molecule has 6 heteroatoms. The smallest absolute Gasteiger partial charge is 0.321 e. The number of urea groups is 1. The fourth-order valence-corrected chi connectivity index (χ4v) is 3.63. The molecule has 0 bridgehead atoms. The van der Waals surface area contributed by atoms with Crippen LogP contribution >= 0.6 is 11.6 Å². The molecule has 0 spiro atoms. The molecule has 1 fully saturated rings. The second kappa shape index (κ2) is 6.81. The largest absolute Gasteiger partial charge is 0.375 e. The lowest BCUT2D eigenvalue weighted by Crippen LogP contribution is -2.39. The fourth-order valence-electron chi connectivity index (χ4n) is 3.28. The first-order chi connectivity index (χ1) is 11.1. The van der Waals surface area contributed by atoms with Gasteiger partial charge >= 0.3 is 6.03 Å². The zero-order chi connectivity index (χ0) is 16.4. The predicted molar refractivity (Wildman–Crippen MR) is 95.5 cm³/mol. The number of carbonyl (C=O) groups is 1. The van der Waals surface area contributed by atoms with Crippen LogP contribution in [0.3, 0.4) is 0 Å². The van der Waals surface area contributed by atoms with Gasteiger partial charge in [0.2, 0.25) is 0 Å². The van der Waals surface area contributed by atoms with E-state index in [9.17, 15) is 4.79 Å². The van der Waals surface area contributed by atoms with Crippen molar-refractivity contribution < 1.29 is 4.79 Å². The highest BCUT2D eigenvalue weighted by Gasteiger charge is 2.30. The Balaban J connectivity index is 1.65. The lowest BCUT2D eigenvalue weighted by Gasteiger charge is -2.25. The SMILES string of the molecule is CN(C)c1c(Cl)cccc1NC(=O)N1CC[C@@H](N2CC=CC2)C1. The maximum atomic E-state index is 12.6. The molecule has 0 saturated carbocycles. The topological polar surface area (TPSA) is 38.8 Å². The minimum absolute atomic E-state index is 0.0509. The van der Waals surface area contributed by atoms with Crippen molar-refractivity contribution in [3.8, 4) is 0 Å². The van der Waals surface area contributed by atoms with Crippen LogP contribution in [-0.2, 0) is 0 Å². The Morgan fingerprint density at radius 2 is 2.04 bits per heavy atom. The number of benzene rings is 1. The molecule has 2 heterocycles. The lowest BCUT2D eigenvalue weighted by atomic mass is 10.2. The number of para-hydroxylation sites is 1. The van der Waals surface area contributed by atoms with Gasteiger partial charge in [0.15, 0.2) is 0 Å². The molecule has 0 radical (unpaired) electrons. The van der Waals surface area contributed by atoms with Gasteiger partial charge in [0.1, 0.15) is 0 Å². The Morgan fingerprint density at radius 1 is 1.30 bits per heavy atom. The molecule has 1 N–H and O–H groups in total. The van der Waals surface area contributed by atoms with E-state index in [4.69, 9.17) is 11.6 Å². The van der Waals surface area contributed by atoms with Gasteiger partial charge in [0, 0.05) is 46.3 Å². The van der Waals surface area contributed by atoms with Crippen molar-refractivity contribution in [1.82, 2.24) is 9.80 Å². The third-order valence-corrected chi connectivity index (χ3v) is 4.79. The molecule has 2 aliphatic heterocycles. The van der Waals surface area contributed by atoms with E-state index in [1.54, 1.807) is 0 Å². The molecule has 1 aromatic carbocycles. The van der Waals surface area contributed by atoms with Gasteiger partial charge < -0.3 is 15.1 Å². The standard InChI is InChI=1S/C17H23ClN4O/c1-20(2)16-14(18)6-5-7-15(16)19-17(23)22-11-8-13(12-22)21-9-3-4-10-21/h3-7,13H,8-12H2,1-2H3,(H,19,23)/t13-/m1/s1. The number of hydrogen-bond donors (Lipinski definition) is 1. The van der Waals surface area contributed by atoms with E-state index in [2.05, 4.69) is 22.4 Å². The fraction of sp³-hybridized carbons (Fsp3) is 0.471. The van der Waals surface area contributed by atoms with E-state index < -0.39 is 0 Å². The summed E-state index contributed by atoms with van der Waals surface area (Å²) in [6.45, 7) is 3.58. The first kappa shape index (κ1) is 16.1. The van der Waals surface area contributed by atoms with Crippen LogP contribution in [0.1, 0.15) is 6.42 Å². The van der Waals surface area contributed by atoms with Crippen LogP contribution in [0.25, 0.3) is 0 Å². The molecule has 1 atom stereocenters. The summed E-state index contributed by atoms with van der Waals surface area (Å²) in [6.07, 6.45) is 5.42. The Labute approximate surface area is 142 Å². The maximum absolute atomic E-state index is 12.6. The van der Waals surface area contributed by atoms with Crippen molar-refractivity contribution in [3.05, 3.63) is 35.4 Å². The highest BCUT2D eigenvalue weighted by Crippen LogP contribution is 2.32. The van der Waals surface area contributed by atoms with Crippen LogP contribution in [-0.4, -0.2) is 62.1 Å². The maximum Gasteiger partial charge on any atom is 0.321 e. The van der Waals surface area contributed by atoms with Crippen molar-refractivity contribution in [2.45, 2.75) is 12.5 Å². The highest BCUT2D eigenvalue weighted by molar-refractivity contribution is 6.34. The lowest BCUT2D eigenvalue weighted by molar-refractivity contribution is 0.212. The van der Waals surface area contributed by atoms with Crippen molar-refractivity contribution in [3.63, 3.8) is 0 Å². The van der Waals surface area contributed by atoms with E-state index in [0.29, 0.717) is 11.1 Å². The van der Waals surface area contributed by atoms with Gasteiger partial charge in [0.25, 0.3) is 0 Å². The van der Waals surface area contributed by atoms with Crippen molar-refractivity contribution >= 4 is 29.0 Å². The Hall–Kier alpha value is -1.72. The summed E-state index contributed by atoms with van der Waals surface area (Å²) in [7, 11) is 3.84. The van der Waals surface area contributed by atoms with Crippen LogP contribution in [0.2, 0.25) is 5.02 Å². The second-order valence-corrected chi connectivity index (χ2v) is 6.68. The van der Waals surface area contributed by atoms with Gasteiger partial charge in [-0.25, -0.2) is 4.79 Å². The summed E-state index contributed by atoms with van der Waals surface area (Å²) in [5.41, 5.74) is 1.58. The quantitative estimate of drug-likeness (QED) is 0.864. The second-order valence-electron chi connectivity index (χ2n) is 6.27. The van der Waals surface area contributed by atoms with Gasteiger partial charge in [-0.05, 0) is 18.6 Å². The van der Waals surface area contributed by atoms with Gasteiger partial charge in [-0.1, -0.05) is 29.8 Å². The summed E-state index contributed by atoms with van der Waals surface area (Å²) in [4.78, 5) is 18.8. The summed E-state index contributed by atoms with van der Waals surface area (Å²) in [6, 6.07) is 5.98. The van der Waals surface area contributed by atoms with Crippen molar-refractivity contribution in [1.29, 1.82) is 0 Å². The Morgan fingerprint density at radius 3 is 2.74 bits per heavy atom. The molecular weight excluding hydrogens is 312 g/mol. The summed E-state index contributed by atoms with van der Waals surface area (Å²) >= 11 is 6.26. The minimum Gasteiger partial charge on any atom is -0.375 e. The van der Waals surface area contributed by atoms with E-state index >= 15 is 0 Å². The highest BCUT2D eigenvalue weighted by atomic mass is 35.5. The van der Waals surface area contributed by atoms with Gasteiger partial charge in [-0.15, -0.1) is 0 Å². The molecule has 23 heavy (non-hydrogen) atoms. The number of hydrogen-bond acceptors (Lipinski definition) is 3. The molecular formula is C17H23ClN4O. The molecule has 2 amide bonds. The van der Waals surface area contributed by atoms with E-state index in [1.165, 1.54) is 0 Å². The van der Waals surface area contributed by atoms with Crippen LogP contribution < -0.4 is 10.2 Å². The van der Waals surface area contributed by atoms with Crippen molar-refractivity contribution in [2.75, 3.05) is 50.5 Å². The average Bonchev–Trinajstić information content (AvgIpc) is 3.18. The van der Waals surface area contributed by atoms with E-state index in [-0.39, 0.29) is 6.03 Å². The zero-order valence-electron chi connectivity index (χ0n) is 13.6. The molecule has 1 saturated heterocycles. The molecule has 5 nitrogen and oxygen atoms in total. The number of rotatable bonds is 3. The molecule has 0 unspecified atom stereocenters.